The van der Waals surface area contributed by atoms with E-state index in [9.17, 15) is 0 Å². The molecule has 0 atom stereocenters. The van der Waals surface area contributed by atoms with Crippen molar-refractivity contribution >= 4 is 11.6 Å². The molecule has 2 aromatic rings. The Morgan fingerprint density at radius 3 is 2.42 bits per heavy atom. The smallest absolute Gasteiger partial charge is 0.0790 e. The number of hydrogen-bond acceptors (Lipinski definition) is 2. The van der Waals surface area contributed by atoms with Crippen LogP contribution in [0.1, 0.15) is 31.2 Å². The Morgan fingerprint density at radius 1 is 1.21 bits per heavy atom. The highest BCUT2D eigenvalue weighted by Crippen LogP contribution is 2.40. The predicted molar refractivity (Wildman–Crippen MR) is 77.8 cm³/mol. The van der Waals surface area contributed by atoms with Gasteiger partial charge in [-0.3, -0.25) is 0 Å². The first-order valence-corrected chi connectivity index (χ1v) is 7.12. The molecule has 19 heavy (non-hydrogen) atoms. The predicted octanol–water partition coefficient (Wildman–Crippen LogP) is 3.30. The third-order valence-corrected chi connectivity index (χ3v) is 4.44. The van der Waals surface area contributed by atoms with E-state index in [1.807, 2.05) is 6.20 Å². The van der Waals surface area contributed by atoms with E-state index in [2.05, 4.69) is 29.4 Å². The molecule has 0 saturated heterocycles. The zero-order chi connectivity index (χ0) is 13.3. The average Bonchev–Trinajstić information content (AvgIpc) is 3.08. The summed E-state index contributed by atoms with van der Waals surface area (Å²) in [4.78, 5) is 0. The van der Waals surface area contributed by atoms with Crippen LogP contribution in [0.5, 0.6) is 0 Å². The molecule has 1 aliphatic rings. The van der Waals surface area contributed by atoms with Gasteiger partial charge in [-0.05, 0) is 30.5 Å². The normalized spacial score (nSPS) is 17.8. The van der Waals surface area contributed by atoms with Crippen molar-refractivity contribution in [3.63, 3.8) is 0 Å². The molecule has 0 spiro atoms. The van der Waals surface area contributed by atoms with Gasteiger partial charge in [-0.25, -0.2) is 4.68 Å². The van der Waals surface area contributed by atoms with Crippen molar-refractivity contribution in [2.75, 3.05) is 6.54 Å². The monoisotopic (exact) mass is 275 g/mol. The first-order chi connectivity index (χ1) is 9.23. The van der Waals surface area contributed by atoms with Crippen molar-refractivity contribution in [1.82, 2.24) is 9.78 Å². The summed E-state index contributed by atoms with van der Waals surface area (Å²) in [7, 11) is 0. The van der Waals surface area contributed by atoms with E-state index in [4.69, 9.17) is 17.3 Å². The Labute approximate surface area is 118 Å². The van der Waals surface area contributed by atoms with E-state index in [1.165, 1.54) is 31.2 Å². The summed E-state index contributed by atoms with van der Waals surface area (Å²) in [6, 6.07) is 8.55. The fraction of sp³-hybridized carbons (Fsp3) is 0.400. The van der Waals surface area contributed by atoms with Gasteiger partial charge in [0.2, 0.25) is 0 Å². The Bertz CT molecular complexity index is 553. The highest BCUT2D eigenvalue weighted by molar-refractivity contribution is 6.30. The van der Waals surface area contributed by atoms with Gasteiger partial charge in [0.25, 0.3) is 0 Å². The molecule has 2 N–H and O–H groups in total. The Kier molecular flexibility index (Phi) is 3.33. The molecule has 4 heteroatoms. The van der Waals surface area contributed by atoms with E-state index < -0.39 is 0 Å². The van der Waals surface area contributed by atoms with Gasteiger partial charge in [-0.1, -0.05) is 36.6 Å². The molecule has 0 bridgehead atoms. The summed E-state index contributed by atoms with van der Waals surface area (Å²) in [5.41, 5.74) is 8.60. The zero-order valence-electron chi connectivity index (χ0n) is 10.8. The maximum absolute atomic E-state index is 6.02. The number of benzene rings is 1. The van der Waals surface area contributed by atoms with Crippen LogP contribution in [-0.2, 0) is 5.41 Å². The van der Waals surface area contributed by atoms with Crippen molar-refractivity contribution in [3.05, 3.63) is 47.2 Å². The van der Waals surface area contributed by atoms with Gasteiger partial charge in [0.05, 0.1) is 16.9 Å². The minimum Gasteiger partial charge on any atom is -0.330 e. The molecule has 3 rings (SSSR count). The molecule has 100 valence electrons. The highest BCUT2D eigenvalue weighted by atomic mass is 35.5. The van der Waals surface area contributed by atoms with Crippen LogP contribution in [0.2, 0.25) is 5.02 Å². The molecular weight excluding hydrogens is 258 g/mol. The maximum atomic E-state index is 6.02. The van der Waals surface area contributed by atoms with Gasteiger partial charge in [-0.15, -0.1) is 0 Å². The second-order valence-corrected chi connectivity index (χ2v) is 5.78. The standard InChI is InChI=1S/C15H18ClN3/c16-13-9-18-19(10-13)14-5-3-12(4-6-14)15(11-17)7-1-2-8-15/h3-6,9-10H,1-2,7-8,11,17H2. The fourth-order valence-corrected chi connectivity index (χ4v) is 3.21. The molecule has 0 unspecified atom stereocenters. The lowest BCUT2D eigenvalue weighted by Gasteiger charge is -2.28. The topological polar surface area (TPSA) is 43.8 Å². The Morgan fingerprint density at radius 2 is 1.89 bits per heavy atom. The zero-order valence-corrected chi connectivity index (χ0v) is 11.6. The van der Waals surface area contributed by atoms with Crippen LogP contribution >= 0.6 is 11.6 Å². The lowest BCUT2D eigenvalue weighted by molar-refractivity contribution is 0.453. The number of rotatable bonds is 3. The van der Waals surface area contributed by atoms with Gasteiger partial charge >= 0.3 is 0 Å². The van der Waals surface area contributed by atoms with Crippen LogP contribution in [-0.4, -0.2) is 16.3 Å². The van der Waals surface area contributed by atoms with Crippen LogP contribution in [0.25, 0.3) is 5.69 Å². The van der Waals surface area contributed by atoms with E-state index in [-0.39, 0.29) is 5.41 Å². The van der Waals surface area contributed by atoms with Crippen LogP contribution in [0.4, 0.5) is 0 Å². The lowest BCUT2D eigenvalue weighted by Crippen LogP contribution is -2.31. The highest BCUT2D eigenvalue weighted by Gasteiger charge is 2.33. The molecular formula is C15H18ClN3. The molecule has 1 aromatic carbocycles. The van der Waals surface area contributed by atoms with Crippen LogP contribution in [0, 0.1) is 0 Å². The minimum atomic E-state index is 0.195. The largest absolute Gasteiger partial charge is 0.330 e. The van der Waals surface area contributed by atoms with Gasteiger partial charge in [0.15, 0.2) is 0 Å². The van der Waals surface area contributed by atoms with Crippen LogP contribution in [0.15, 0.2) is 36.7 Å². The van der Waals surface area contributed by atoms with Gasteiger partial charge in [-0.2, -0.15) is 5.10 Å². The summed E-state index contributed by atoms with van der Waals surface area (Å²) in [5.74, 6) is 0. The Balaban J connectivity index is 1.90. The average molecular weight is 276 g/mol. The first kappa shape index (κ1) is 12.7. The van der Waals surface area contributed by atoms with E-state index >= 15 is 0 Å². The second-order valence-electron chi connectivity index (χ2n) is 5.34. The molecule has 0 aliphatic heterocycles. The number of aromatic nitrogens is 2. The van der Waals surface area contributed by atoms with Crippen molar-refractivity contribution < 1.29 is 0 Å². The quantitative estimate of drug-likeness (QED) is 0.934. The van der Waals surface area contributed by atoms with E-state index in [0.717, 1.165) is 12.2 Å². The van der Waals surface area contributed by atoms with Crippen LogP contribution in [0.3, 0.4) is 0 Å². The summed E-state index contributed by atoms with van der Waals surface area (Å²) in [6.07, 6.45) is 8.44. The Hall–Kier alpha value is -1.32. The van der Waals surface area contributed by atoms with Crippen molar-refractivity contribution in [2.24, 2.45) is 5.73 Å². The van der Waals surface area contributed by atoms with Crippen LogP contribution < -0.4 is 5.73 Å². The molecule has 1 fully saturated rings. The molecule has 0 radical (unpaired) electrons. The minimum absolute atomic E-state index is 0.195. The summed E-state index contributed by atoms with van der Waals surface area (Å²) in [6.45, 7) is 0.736. The van der Waals surface area contributed by atoms with E-state index in [0.29, 0.717) is 5.02 Å². The van der Waals surface area contributed by atoms with Gasteiger partial charge in [0, 0.05) is 18.2 Å². The van der Waals surface area contributed by atoms with Gasteiger partial charge < -0.3 is 5.73 Å². The molecule has 1 saturated carbocycles. The lowest BCUT2D eigenvalue weighted by atomic mass is 9.79. The first-order valence-electron chi connectivity index (χ1n) is 6.75. The molecule has 1 aliphatic carbocycles. The third kappa shape index (κ3) is 2.28. The fourth-order valence-electron chi connectivity index (χ4n) is 3.07. The number of hydrogen-bond donors (Lipinski definition) is 1. The third-order valence-electron chi connectivity index (χ3n) is 4.25. The molecule has 3 nitrogen and oxygen atoms in total. The summed E-state index contributed by atoms with van der Waals surface area (Å²) in [5, 5.41) is 4.86. The van der Waals surface area contributed by atoms with Crippen molar-refractivity contribution in [2.45, 2.75) is 31.1 Å². The van der Waals surface area contributed by atoms with Gasteiger partial charge in [0.1, 0.15) is 0 Å². The van der Waals surface area contributed by atoms with Crippen molar-refractivity contribution in [1.29, 1.82) is 0 Å². The maximum Gasteiger partial charge on any atom is 0.0790 e. The van der Waals surface area contributed by atoms with Crippen molar-refractivity contribution in [3.8, 4) is 5.69 Å². The second kappa shape index (κ2) is 4.99. The molecule has 1 heterocycles. The molecule has 1 aromatic heterocycles. The SMILES string of the molecule is NCC1(c2ccc(-n3cc(Cl)cn3)cc2)CCCC1. The van der Waals surface area contributed by atoms with E-state index in [1.54, 1.807) is 10.9 Å². The number of halogens is 1. The number of nitrogens with zero attached hydrogens (tertiary/aromatic N) is 2. The number of nitrogens with two attached hydrogens (primary N) is 1. The molecule has 0 amide bonds. The summed E-state index contributed by atoms with van der Waals surface area (Å²) >= 11 is 5.89. The summed E-state index contributed by atoms with van der Waals surface area (Å²) < 4.78 is 1.79.